The highest BCUT2D eigenvalue weighted by Crippen LogP contribution is 2.29. The topological polar surface area (TPSA) is 73.0 Å². The summed E-state index contributed by atoms with van der Waals surface area (Å²) in [4.78, 5) is 12.6. The van der Waals surface area contributed by atoms with Gasteiger partial charge in [0.25, 0.3) is 0 Å². The van der Waals surface area contributed by atoms with E-state index in [1.165, 1.54) is 23.9 Å². The third-order valence-electron chi connectivity index (χ3n) is 4.51. The number of carbonyl (C=O) groups excluding carboxylic acids is 1. The Hall–Kier alpha value is -2.61. The number of carbonyl (C=O) groups is 1. The maximum Gasteiger partial charge on any atom is 0.233 e. The van der Waals surface area contributed by atoms with Crippen LogP contribution in [0.4, 0.5) is 4.39 Å². The molecule has 2 heterocycles. The first-order valence-corrected chi connectivity index (χ1v) is 9.98. The second kappa shape index (κ2) is 8.60. The van der Waals surface area contributed by atoms with Crippen LogP contribution in [0.15, 0.2) is 46.2 Å². The molecule has 3 aromatic rings. The van der Waals surface area contributed by atoms with Crippen LogP contribution >= 0.6 is 11.8 Å². The Morgan fingerprint density at radius 2 is 1.96 bits per heavy atom. The number of hydrogen-bond acceptors (Lipinski definition) is 5. The number of furan rings is 1. The zero-order valence-electron chi connectivity index (χ0n) is 16.3. The first-order valence-electron chi connectivity index (χ1n) is 9.10. The zero-order valence-corrected chi connectivity index (χ0v) is 17.1. The highest BCUT2D eigenvalue weighted by Gasteiger charge is 2.22. The summed E-state index contributed by atoms with van der Waals surface area (Å²) in [6.07, 6.45) is 1.62. The molecule has 8 heteroatoms. The lowest BCUT2D eigenvalue weighted by atomic mass is 10.1. The van der Waals surface area contributed by atoms with Gasteiger partial charge in [0.15, 0.2) is 11.0 Å². The van der Waals surface area contributed by atoms with Crippen LogP contribution in [0.2, 0.25) is 0 Å². The van der Waals surface area contributed by atoms with E-state index in [0.29, 0.717) is 11.7 Å². The van der Waals surface area contributed by atoms with E-state index in [0.717, 1.165) is 22.7 Å². The van der Waals surface area contributed by atoms with Crippen LogP contribution in [0.3, 0.4) is 0 Å². The number of hydrogen-bond donors (Lipinski definition) is 1. The number of nitrogens with one attached hydrogen (secondary N) is 1. The molecule has 2 atom stereocenters. The average Bonchev–Trinajstić information content (AvgIpc) is 3.27. The van der Waals surface area contributed by atoms with Crippen molar-refractivity contribution in [1.29, 1.82) is 0 Å². The fourth-order valence-corrected chi connectivity index (χ4v) is 3.78. The SMILES string of the molecule is CCn1c(S[C@H](C)C(=O)N[C@H](C)c2ccc(F)cc2)nnc1-c1ccoc1C. The predicted molar refractivity (Wildman–Crippen MR) is 106 cm³/mol. The zero-order chi connectivity index (χ0) is 20.3. The van der Waals surface area contributed by atoms with Crippen molar-refractivity contribution in [1.82, 2.24) is 20.1 Å². The van der Waals surface area contributed by atoms with Gasteiger partial charge in [-0.3, -0.25) is 4.79 Å². The van der Waals surface area contributed by atoms with Crippen LogP contribution in [0, 0.1) is 12.7 Å². The fourth-order valence-electron chi connectivity index (χ4n) is 2.85. The molecule has 0 aliphatic carbocycles. The summed E-state index contributed by atoms with van der Waals surface area (Å²) >= 11 is 1.35. The summed E-state index contributed by atoms with van der Waals surface area (Å²) < 4.78 is 20.4. The maximum absolute atomic E-state index is 13.1. The van der Waals surface area contributed by atoms with E-state index in [9.17, 15) is 9.18 Å². The lowest BCUT2D eigenvalue weighted by molar-refractivity contribution is -0.120. The van der Waals surface area contributed by atoms with E-state index in [4.69, 9.17) is 4.42 Å². The van der Waals surface area contributed by atoms with Crippen molar-refractivity contribution in [3.8, 4) is 11.4 Å². The molecule has 0 bridgehead atoms. The van der Waals surface area contributed by atoms with Crippen molar-refractivity contribution < 1.29 is 13.6 Å². The summed E-state index contributed by atoms with van der Waals surface area (Å²) in [5.74, 6) is 1.09. The van der Waals surface area contributed by atoms with Gasteiger partial charge in [-0.15, -0.1) is 10.2 Å². The number of thioether (sulfide) groups is 1. The molecular weight excluding hydrogens is 379 g/mol. The highest BCUT2D eigenvalue weighted by molar-refractivity contribution is 8.00. The van der Waals surface area contributed by atoms with Crippen LogP contribution in [-0.2, 0) is 11.3 Å². The Kier molecular flexibility index (Phi) is 6.18. The monoisotopic (exact) mass is 402 g/mol. The highest BCUT2D eigenvalue weighted by atomic mass is 32.2. The lowest BCUT2D eigenvalue weighted by Crippen LogP contribution is -2.33. The third-order valence-corrected chi connectivity index (χ3v) is 5.59. The first kappa shape index (κ1) is 20.1. The molecule has 0 fully saturated rings. The van der Waals surface area contributed by atoms with Crippen molar-refractivity contribution in [2.45, 2.75) is 50.7 Å². The Labute approximate surface area is 167 Å². The molecule has 0 aliphatic rings. The number of aryl methyl sites for hydroxylation is 1. The van der Waals surface area contributed by atoms with Crippen LogP contribution in [-0.4, -0.2) is 25.9 Å². The van der Waals surface area contributed by atoms with Crippen LogP contribution in [0.25, 0.3) is 11.4 Å². The van der Waals surface area contributed by atoms with Gasteiger partial charge in [-0.05, 0) is 51.5 Å². The number of aromatic nitrogens is 3. The molecule has 0 unspecified atom stereocenters. The quantitative estimate of drug-likeness (QED) is 0.594. The largest absolute Gasteiger partial charge is 0.469 e. The molecule has 1 aromatic carbocycles. The number of rotatable bonds is 7. The molecule has 6 nitrogen and oxygen atoms in total. The number of halogens is 1. The van der Waals surface area contributed by atoms with Crippen molar-refractivity contribution in [2.24, 2.45) is 0 Å². The van der Waals surface area contributed by atoms with Gasteiger partial charge in [-0.2, -0.15) is 0 Å². The summed E-state index contributed by atoms with van der Waals surface area (Å²) in [5.41, 5.74) is 1.74. The molecule has 2 aromatic heterocycles. The molecule has 0 spiro atoms. The Bertz CT molecular complexity index is 952. The molecule has 28 heavy (non-hydrogen) atoms. The van der Waals surface area contributed by atoms with Gasteiger partial charge in [0.2, 0.25) is 5.91 Å². The van der Waals surface area contributed by atoms with Gasteiger partial charge in [0, 0.05) is 6.54 Å². The molecule has 148 valence electrons. The van der Waals surface area contributed by atoms with E-state index < -0.39 is 0 Å². The number of amides is 1. The molecule has 0 saturated heterocycles. The average molecular weight is 402 g/mol. The van der Waals surface area contributed by atoms with Crippen LogP contribution < -0.4 is 5.32 Å². The van der Waals surface area contributed by atoms with Crippen LogP contribution in [0.1, 0.15) is 38.1 Å². The lowest BCUT2D eigenvalue weighted by Gasteiger charge is -2.17. The minimum Gasteiger partial charge on any atom is -0.469 e. The fraction of sp³-hybridized carbons (Fsp3) is 0.350. The van der Waals surface area contributed by atoms with Gasteiger partial charge in [-0.1, -0.05) is 23.9 Å². The normalized spacial score (nSPS) is 13.3. The summed E-state index contributed by atoms with van der Waals surface area (Å²) in [6, 6.07) is 7.76. The van der Waals surface area contributed by atoms with E-state index in [1.807, 2.05) is 38.3 Å². The molecule has 0 saturated carbocycles. The minimum atomic E-state index is -0.365. The van der Waals surface area contributed by atoms with Crippen LogP contribution in [0.5, 0.6) is 0 Å². The Morgan fingerprint density at radius 1 is 1.25 bits per heavy atom. The van der Waals surface area contributed by atoms with E-state index in [-0.39, 0.29) is 23.0 Å². The smallest absolute Gasteiger partial charge is 0.233 e. The van der Waals surface area contributed by atoms with Gasteiger partial charge in [-0.25, -0.2) is 4.39 Å². The molecule has 1 N–H and O–H groups in total. The second-order valence-electron chi connectivity index (χ2n) is 6.48. The van der Waals surface area contributed by atoms with Crippen molar-refractivity contribution in [3.05, 3.63) is 53.7 Å². The third kappa shape index (κ3) is 4.27. The predicted octanol–water partition coefficient (Wildman–Crippen LogP) is 4.36. The molecular formula is C20H23FN4O2S. The Balaban J connectivity index is 1.69. The molecule has 0 radical (unpaired) electrons. The first-order chi connectivity index (χ1) is 13.4. The van der Waals surface area contributed by atoms with E-state index in [1.54, 1.807) is 18.4 Å². The molecule has 1 amide bonds. The van der Waals surface area contributed by atoms with Gasteiger partial charge < -0.3 is 14.3 Å². The van der Waals surface area contributed by atoms with Gasteiger partial charge >= 0.3 is 0 Å². The summed E-state index contributed by atoms with van der Waals surface area (Å²) in [6.45, 7) is 8.26. The maximum atomic E-state index is 13.1. The molecule has 3 rings (SSSR count). The number of nitrogens with zero attached hydrogens (tertiary/aromatic N) is 3. The molecule has 0 aliphatic heterocycles. The van der Waals surface area contributed by atoms with Gasteiger partial charge in [0.05, 0.1) is 23.1 Å². The van der Waals surface area contributed by atoms with Crippen molar-refractivity contribution in [3.63, 3.8) is 0 Å². The number of benzene rings is 1. The summed E-state index contributed by atoms with van der Waals surface area (Å²) in [7, 11) is 0. The van der Waals surface area contributed by atoms with Crippen molar-refractivity contribution >= 4 is 17.7 Å². The Morgan fingerprint density at radius 3 is 2.57 bits per heavy atom. The van der Waals surface area contributed by atoms with E-state index >= 15 is 0 Å². The second-order valence-corrected chi connectivity index (χ2v) is 7.79. The van der Waals surface area contributed by atoms with Gasteiger partial charge in [0.1, 0.15) is 11.6 Å². The summed E-state index contributed by atoms with van der Waals surface area (Å²) in [5, 5.41) is 11.8. The standard InChI is InChI=1S/C20H23FN4O2S/c1-5-25-18(17-10-11-27-13(17)3)23-24-20(25)28-14(4)19(26)22-12(2)15-6-8-16(21)9-7-15/h6-12,14H,5H2,1-4H3,(H,22,26)/t12-,14-/m1/s1. The van der Waals surface area contributed by atoms with E-state index in [2.05, 4.69) is 15.5 Å². The minimum absolute atomic E-state index is 0.117. The van der Waals surface area contributed by atoms with Crippen molar-refractivity contribution in [2.75, 3.05) is 0 Å².